The van der Waals surface area contributed by atoms with Crippen LogP contribution in [0.25, 0.3) is 10.9 Å². The zero-order chi connectivity index (χ0) is 15.1. The summed E-state index contributed by atoms with van der Waals surface area (Å²) >= 11 is 0. The third-order valence-electron chi connectivity index (χ3n) is 3.74. The molecule has 0 bridgehead atoms. The van der Waals surface area contributed by atoms with Crippen LogP contribution in [0.5, 0.6) is 5.75 Å². The van der Waals surface area contributed by atoms with Gasteiger partial charge in [-0.3, -0.25) is 0 Å². The van der Waals surface area contributed by atoms with Crippen molar-refractivity contribution in [3.05, 3.63) is 36.0 Å². The first-order valence-corrected chi connectivity index (χ1v) is 7.19. The molecule has 2 rings (SSSR count). The fraction of sp³-hybridized carbons (Fsp3) is 0.500. The lowest BCUT2D eigenvalue weighted by atomic mass is 9.65. The molecular weight excluding hydrogens is 246 g/mol. The van der Waals surface area contributed by atoms with Gasteiger partial charge in [0.25, 0.3) is 0 Å². The molecule has 0 aliphatic rings. The fourth-order valence-corrected chi connectivity index (χ4v) is 3.45. The van der Waals surface area contributed by atoms with Gasteiger partial charge in [-0.25, -0.2) is 4.98 Å². The van der Waals surface area contributed by atoms with E-state index >= 15 is 0 Å². The third-order valence-corrected chi connectivity index (χ3v) is 3.74. The normalized spacial score (nSPS) is 13.2. The Morgan fingerprint density at radius 2 is 1.50 bits per heavy atom. The summed E-state index contributed by atoms with van der Waals surface area (Å²) in [4.78, 5) is 4.76. The summed E-state index contributed by atoms with van der Waals surface area (Å²) < 4.78 is 0. The summed E-state index contributed by atoms with van der Waals surface area (Å²) in [6.45, 7) is 13.2. The second kappa shape index (κ2) is 4.76. The van der Waals surface area contributed by atoms with Crippen molar-refractivity contribution in [1.82, 2.24) is 4.98 Å². The Morgan fingerprint density at radius 1 is 0.950 bits per heavy atom. The highest BCUT2D eigenvalue weighted by atomic mass is 16.3. The molecule has 0 amide bonds. The molecule has 108 valence electrons. The van der Waals surface area contributed by atoms with Gasteiger partial charge in [0.1, 0.15) is 5.75 Å². The maximum absolute atomic E-state index is 10.4. The fourth-order valence-electron chi connectivity index (χ4n) is 3.45. The van der Waals surface area contributed by atoms with Crippen molar-refractivity contribution < 1.29 is 5.11 Å². The lowest BCUT2D eigenvalue weighted by molar-refractivity contribution is 0.168. The van der Waals surface area contributed by atoms with Gasteiger partial charge in [-0.2, -0.15) is 0 Å². The molecule has 0 saturated heterocycles. The molecule has 1 aromatic heterocycles. The Kier molecular flexibility index (Phi) is 3.53. The van der Waals surface area contributed by atoms with Crippen LogP contribution in [-0.4, -0.2) is 10.1 Å². The van der Waals surface area contributed by atoms with E-state index in [1.54, 1.807) is 0 Å². The molecule has 2 nitrogen and oxygen atoms in total. The number of rotatable bonds is 1. The van der Waals surface area contributed by atoms with Crippen molar-refractivity contribution >= 4 is 10.9 Å². The van der Waals surface area contributed by atoms with Crippen LogP contribution in [0.15, 0.2) is 30.3 Å². The summed E-state index contributed by atoms with van der Waals surface area (Å²) in [5.74, 6) is 0.484. The Bertz CT molecular complexity index is 603. The van der Waals surface area contributed by atoms with E-state index in [0.29, 0.717) is 5.75 Å². The van der Waals surface area contributed by atoms with Gasteiger partial charge in [0, 0.05) is 11.3 Å². The Morgan fingerprint density at radius 3 is 2.05 bits per heavy atom. The predicted octanol–water partition coefficient (Wildman–Crippen LogP) is 5.12. The van der Waals surface area contributed by atoms with E-state index in [9.17, 15) is 5.11 Å². The number of para-hydroxylation sites is 1. The number of aromatic nitrogens is 1. The highest BCUT2D eigenvalue weighted by Gasteiger charge is 2.38. The smallest absolute Gasteiger partial charge is 0.138 e. The van der Waals surface area contributed by atoms with Gasteiger partial charge < -0.3 is 5.11 Å². The first-order valence-electron chi connectivity index (χ1n) is 7.19. The van der Waals surface area contributed by atoms with Crippen LogP contribution in [0.4, 0.5) is 0 Å². The van der Waals surface area contributed by atoms with E-state index in [2.05, 4.69) is 41.5 Å². The molecule has 0 unspecified atom stereocenters. The van der Waals surface area contributed by atoms with E-state index in [0.717, 1.165) is 16.6 Å². The van der Waals surface area contributed by atoms with E-state index in [1.807, 2.05) is 30.3 Å². The number of aromatic hydroxyl groups is 1. The van der Waals surface area contributed by atoms with Crippen molar-refractivity contribution in [2.45, 2.75) is 47.5 Å². The van der Waals surface area contributed by atoms with Crippen molar-refractivity contribution in [1.29, 1.82) is 0 Å². The molecule has 1 N–H and O–H groups in total. The average Bonchev–Trinajstić information content (AvgIpc) is 2.26. The van der Waals surface area contributed by atoms with Gasteiger partial charge in [0.05, 0.1) is 11.2 Å². The van der Waals surface area contributed by atoms with Crippen LogP contribution in [0, 0.1) is 10.8 Å². The molecule has 1 aromatic carbocycles. The third kappa shape index (κ3) is 2.79. The van der Waals surface area contributed by atoms with Crippen LogP contribution < -0.4 is 0 Å². The van der Waals surface area contributed by atoms with Crippen LogP contribution in [-0.2, 0) is 0 Å². The number of pyridine rings is 1. The van der Waals surface area contributed by atoms with E-state index in [1.165, 1.54) is 0 Å². The van der Waals surface area contributed by atoms with Gasteiger partial charge in [-0.15, -0.1) is 0 Å². The molecule has 0 aliphatic carbocycles. The molecule has 0 atom stereocenters. The summed E-state index contributed by atoms with van der Waals surface area (Å²) in [5, 5.41) is 11.4. The van der Waals surface area contributed by atoms with Gasteiger partial charge in [0.15, 0.2) is 0 Å². The second-order valence-electron chi connectivity index (χ2n) is 7.75. The molecule has 2 aromatic rings. The largest absolute Gasteiger partial charge is 0.506 e. The summed E-state index contributed by atoms with van der Waals surface area (Å²) in [7, 11) is 0. The molecule has 0 saturated carbocycles. The van der Waals surface area contributed by atoms with Gasteiger partial charge in [0.2, 0.25) is 0 Å². The molecule has 2 heteroatoms. The van der Waals surface area contributed by atoms with Crippen LogP contribution >= 0.6 is 0 Å². The molecular formula is C18H25NO. The van der Waals surface area contributed by atoms with E-state index in [-0.39, 0.29) is 16.7 Å². The maximum Gasteiger partial charge on any atom is 0.138 e. The maximum atomic E-state index is 10.4. The van der Waals surface area contributed by atoms with Crippen molar-refractivity contribution in [3.63, 3.8) is 0 Å². The van der Waals surface area contributed by atoms with Crippen molar-refractivity contribution in [3.8, 4) is 5.75 Å². The average molecular weight is 271 g/mol. The van der Waals surface area contributed by atoms with Crippen LogP contribution in [0.1, 0.15) is 53.2 Å². The van der Waals surface area contributed by atoms with Gasteiger partial charge in [-0.05, 0) is 23.0 Å². The van der Waals surface area contributed by atoms with Crippen LogP contribution in [0.3, 0.4) is 0 Å². The standard InChI is InChI=1S/C18H25NO/c1-17(2,3)16(18(4,5)6)15-14(20)11-12-9-7-8-10-13(12)19-15/h7-11,16,20H,1-6H3. The first kappa shape index (κ1) is 14.8. The number of hydrogen-bond donors (Lipinski definition) is 1. The second-order valence-corrected chi connectivity index (χ2v) is 7.75. The Labute approximate surface area is 121 Å². The molecule has 0 aliphatic heterocycles. The number of nitrogens with zero attached hydrogens (tertiary/aromatic N) is 1. The highest BCUT2D eigenvalue weighted by molar-refractivity contribution is 5.80. The first-order chi connectivity index (χ1) is 9.10. The van der Waals surface area contributed by atoms with Gasteiger partial charge in [-0.1, -0.05) is 59.7 Å². The lowest BCUT2D eigenvalue weighted by Crippen LogP contribution is -2.31. The predicted molar refractivity (Wildman–Crippen MR) is 85.1 cm³/mol. The molecule has 0 fully saturated rings. The number of fused-ring (bicyclic) bond motifs is 1. The minimum Gasteiger partial charge on any atom is -0.506 e. The number of hydrogen-bond acceptors (Lipinski definition) is 2. The summed E-state index contributed by atoms with van der Waals surface area (Å²) in [6, 6.07) is 9.77. The lowest BCUT2D eigenvalue weighted by Gasteiger charge is -2.40. The van der Waals surface area contributed by atoms with Crippen molar-refractivity contribution in [2.75, 3.05) is 0 Å². The van der Waals surface area contributed by atoms with Crippen molar-refractivity contribution in [2.24, 2.45) is 10.8 Å². The summed E-state index contributed by atoms with van der Waals surface area (Å²) in [6.07, 6.45) is 0. The zero-order valence-corrected chi connectivity index (χ0v) is 13.4. The SMILES string of the molecule is CC(C)(C)C(c1nc2ccccc2cc1O)C(C)(C)C. The zero-order valence-electron chi connectivity index (χ0n) is 13.4. The molecule has 0 spiro atoms. The van der Waals surface area contributed by atoms with E-state index < -0.39 is 0 Å². The van der Waals surface area contributed by atoms with E-state index in [4.69, 9.17) is 4.98 Å². The topological polar surface area (TPSA) is 33.1 Å². The highest BCUT2D eigenvalue weighted by Crippen LogP contribution is 2.49. The quantitative estimate of drug-likeness (QED) is 0.781. The monoisotopic (exact) mass is 271 g/mol. The number of benzene rings is 1. The Balaban J connectivity index is 2.68. The molecule has 20 heavy (non-hydrogen) atoms. The van der Waals surface area contributed by atoms with Gasteiger partial charge >= 0.3 is 0 Å². The minimum absolute atomic E-state index is 0.0329. The molecule has 1 heterocycles. The Hall–Kier alpha value is -1.57. The van der Waals surface area contributed by atoms with Crippen LogP contribution in [0.2, 0.25) is 0 Å². The minimum atomic E-state index is 0.0329. The summed E-state index contributed by atoms with van der Waals surface area (Å²) in [5.41, 5.74) is 1.82. The molecule has 0 radical (unpaired) electrons.